The van der Waals surface area contributed by atoms with Crippen molar-refractivity contribution in [2.75, 3.05) is 5.32 Å². The summed E-state index contributed by atoms with van der Waals surface area (Å²) in [5.74, 6) is 0.329. The van der Waals surface area contributed by atoms with Crippen LogP contribution in [0.2, 0.25) is 5.02 Å². The summed E-state index contributed by atoms with van der Waals surface area (Å²) in [7, 11) is 0. The van der Waals surface area contributed by atoms with Gasteiger partial charge in [-0.05, 0) is 46.3 Å². The Kier molecular flexibility index (Phi) is 3.69. The lowest BCUT2D eigenvalue weighted by molar-refractivity contribution is -0.137. The van der Waals surface area contributed by atoms with Crippen LogP contribution in [0, 0.1) is 0 Å². The highest BCUT2D eigenvalue weighted by Gasteiger charge is 2.30. The third-order valence-corrected chi connectivity index (χ3v) is 4.68. The molecule has 0 aliphatic carbocycles. The summed E-state index contributed by atoms with van der Waals surface area (Å²) in [4.78, 5) is 10.2. The van der Waals surface area contributed by atoms with E-state index in [0.29, 0.717) is 27.7 Å². The number of aromatic nitrogens is 3. The second kappa shape index (κ2) is 5.67. The zero-order valence-electron chi connectivity index (χ0n) is 12.3. The fourth-order valence-electron chi connectivity index (χ4n) is 2.63. The second-order valence-corrected chi connectivity index (χ2v) is 6.72. The summed E-state index contributed by atoms with van der Waals surface area (Å²) in [6.45, 7) is 0. The smallest absolute Gasteiger partial charge is 0.360 e. The van der Waals surface area contributed by atoms with Crippen molar-refractivity contribution in [1.82, 2.24) is 15.0 Å². The molecule has 4 aromatic rings. The number of halogens is 5. The Morgan fingerprint density at radius 2 is 1.92 bits per heavy atom. The van der Waals surface area contributed by atoms with Crippen LogP contribution in [0.25, 0.3) is 21.9 Å². The van der Waals surface area contributed by atoms with Gasteiger partial charge in [0.1, 0.15) is 0 Å². The number of benzene rings is 2. The zero-order chi connectivity index (χ0) is 17.8. The SMILES string of the molecule is FC(F)(F)c1ccc2nc(Nc3cc(Cl)c4c(Br)c[nH]c4c3)[nH]c2c1. The van der Waals surface area contributed by atoms with Crippen LogP contribution in [-0.4, -0.2) is 15.0 Å². The number of fused-ring (bicyclic) bond motifs is 2. The Morgan fingerprint density at radius 3 is 2.68 bits per heavy atom. The van der Waals surface area contributed by atoms with Crippen molar-refractivity contribution in [2.24, 2.45) is 0 Å². The number of hydrogen-bond acceptors (Lipinski definition) is 2. The summed E-state index contributed by atoms with van der Waals surface area (Å²) < 4.78 is 39.2. The summed E-state index contributed by atoms with van der Waals surface area (Å²) in [6, 6.07) is 6.92. The fourth-order valence-corrected chi connectivity index (χ4v) is 3.61. The number of nitrogens with one attached hydrogen (secondary N) is 3. The van der Waals surface area contributed by atoms with Crippen LogP contribution in [0.15, 0.2) is 41.0 Å². The Hall–Kier alpha value is -2.19. The van der Waals surface area contributed by atoms with Crippen LogP contribution in [0.1, 0.15) is 5.56 Å². The highest BCUT2D eigenvalue weighted by molar-refractivity contribution is 9.10. The van der Waals surface area contributed by atoms with Crippen molar-refractivity contribution in [1.29, 1.82) is 0 Å². The summed E-state index contributed by atoms with van der Waals surface area (Å²) in [5.41, 5.74) is 1.48. The molecule has 3 N–H and O–H groups in total. The number of hydrogen-bond donors (Lipinski definition) is 3. The third kappa shape index (κ3) is 2.96. The third-order valence-electron chi connectivity index (χ3n) is 3.76. The van der Waals surface area contributed by atoms with Crippen molar-refractivity contribution in [2.45, 2.75) is 6.18 Å². The summed E-state index contributed by atoms with van der Waals surface area (Å²) in [6.07, 6.45) is -2.62. The number of rotatable bonds is 2. The molecule has 0 fully saturated rings. The van der Waals surface area contributed by atoms with E-state index in [2.05, 4.69) is 36.2 Å². The monoisotopic (exact) mass is 428 g/mol. The lowest BCUT2D eigenvalue weighted by Crippen LogP contribution is -2.04. The van der Waals surface area contributed by atoms with Gasteiger partial charge in [0.15, 0.2) is 0 Å². The van der Waals surface area contributed by atoms with Crippen molar-refractivity contribution in [3.63, 3.8) is 0 Å². The van der Waals surface area contributed by atoms with E-state index < -0.39 is 11.7 Å². The van der Waals surface area contributed by atoms with Gasteiger partial charge >= 0.3 is 6.18 Å². The van der Waals surface area contributed by atoms with E-state index >= 15 is 0 Å². The molecule has 2 aromatic heterocycles. The van der Waals surface area contributed by atoms with E-state index in [1.807, 2.05) is 6.07 Å². The molecule has 9 heteroatoms. The highest BCUT2D eigenvalue weighted by Crippen LogP contribution is 2.34. The van der Waals surface area contributed by atoms with Gasteiger partial charge in [-0.1, -0.05) is 11.6 Å². The lowest BCUT2D eigenvalue weighted by atomic mass is 10.2. The molecule has 0 saturated heterocycles. The van der Waals surface area contributed by atoms with Crippen molar-refractivity contribution in [3.05, 3.63) is 51.6 Å². The van der Waals surface area contributed by atoms with E-state index in [0.717, 1.165) is 27.5 Å². The molecule has 25 heavy (non-hydrogen) atoms. The zero-order valence-corrected chi connectivity index (χ0v) is 14.6. The molecule has 2 aromatic carbocycles. The van der Waals surface area contributed by atoms with Crippen LogP contribution >= 0.6 is 27.5 Å². The average molecular weight is 430 g/mol. The Balaban J connectivity index is 1.71. The molecule has 0 amide bonds. The Labute approximate surface area is 152 Å². The van der Waals surface area contributed by atoms with Crippen LogP contribution in [0.4, 0.5) is 24.8 Å². The van der Waals surface area contributed by atoms with Crippen LogP contribution in [-0.2, 0) is 6.18 Å². The van der Waals surface area contributed by atoms with Gasteiger partial charge in [0.2, 0.25) is 5.95 Å². The topological polar surface area (TPSA) is 56.5 Å². The van der Waals surface area contributed by atoms with Gasteiger partial charge in [0.05, 0.1) is 27.1 Å². The summed E-state index contributed by atoms with van der Waals surface area (Å²) >= 11 is 9.69. The Morgan fingerprint density at radius 1 is 1.12 bits per heavy atom. The standard InChI is InChI=1S/C16H9BrClF3N4/c17-9-6-22-13-5-8(4-10(18)14(9)13)23-15-24-11-2-1-7(16(19,20)21)3-12(11)25-15/h1-6,22H,(H2,23,24,25). The summed E-state index contributed by atoms with van der Waals surface area (Å²) in [5, 5.41) is 4.41. The van der Waals surface area contributed by atoms with E-state index in [9.17, 15) is 13.2 Å². The first kappa shape index (κ1) is 16.3. The minimum atomic E-state index is -4.40. The Bertz CT molecular complexity index is 1100. The van der Waals surface area contributed by atoms with Gasteiger partial charge in [-0.3, -0.25) is 0 Å². The van der Waals surface area contributed by atoms with Crippen molar-refractivity contribution < 1.29 is 13.2 Å². The number of H-pyrrole nitrogens is 2. The maximum atomic E-state index is 12.8. The molecule has 4 rings (SSSR count). The number of anilines is 2. The molecule has 0 unspecified atom stereocenters. The largest absolute Gasteiger partial charge is 0.416 e. The second-order valence-electron chi connectivity index (χ2n) is 5.46. The van der Waals surface area contributed by atoms with E-state index in [1.165, 1.54) is 6.07 Å². The number of nitrogens with zero attached hydrogens (tertiary/aromatic N) is 1. The number of imidazole rings is 1. The number of alkyl halides is 3. The maximum absolute atomic E-state index is 12.8. The molecule has 0 radical (unpaired) electrons. The van der Waals surface area contributed by atoms with Gasteiger partial charge < -0.3 is 15.3 Å². The molecule has 0 atom stereocenters. The van der Waals surface area contributed by atoms with E-state index in [4.69, 9.17) is 11.6 Å². The van der Waals surface area contributed by atoms with Gasteiger partial charge in [-0.25, -0.2) is 4.98 Å². The minimum Gasteiger partial charge on any atom is -0.360 e. The quantitative estimate of drug-likeness (QED) is 0.354. The molecule has 0 spiro atoms. The van der Waals surface area contributed by atoms with Gasteiger partial charge in [0, 0.05) is 21.7 Å². The molecule has 0 aliphatic rings. The normalized spacial score (nSPS) is 12.2. The highest BCUT2D eigenvalue weighted by atomic mass is 79.9. The molecule has 0 aliphatic heterocycles. The van der Waals surface area contributed by atoms with E-state index in [1.54, 1.807) is 12.3 Å². The van der Waals surface area contributed by atoms with Gasteiger partial charge in [-0.2, -0.15) is 13.2 Å². The van der Waals surface area contributed by atoms with Gasteiger partial charge in [0.25, 0.3) is 0 Å². The first-order valence-corrected chi connectivity index (χ1v) is 8.28. The van der Waals surface area contributed by atoms with Crippen LogP contribution < -0.4 is 5.32 Å². The number of aromatic amines is 2. The van der Waals surface area contributed by atoms with Crippen LogP contribution in [0.3, 0.4) is 0 Å². The lowest BCUT2D eigenvalue weighted by Gasteiger charge is -2.05. The van der Waals surface area contributed by atoms with Crippen molar-refractivity contribution >= 4 is 61.1 Å². The molecule has 0 saturated carbocycles. The molecular formula is C16H9BrClF3N4. The first-order chi connectivity index (χ1) is 11.8. The molecule has 4 nitrogen and oxygen atoms in total. The average Bonchev–Trinajstić information content (AvgIpc) is 3.09. The molecule has 128 valence electrons. The molecular weight excluding hydrogens is 421 g/mol. The maximum Gasteiger partial charge on any atom is 0.416 e. The van der Waals surface area contributed by atoms with E-state index in [-0.39, 0.29) is 0 Å². The molecule has 2 heterocycles. The molecule has 0 bridgehead atoms. The fraction of sp³-hybridized carbons (Fsp3) is 0.0625. The van der Waals surface area contributed by atoms with Gasteiger partial charge in [-0.15, -0.1) is 0 Å². The van der Waals surface area contributed by atoms with Crippen molar-refractivity contribution in [3.8, 4) is 0 Å². The first-order valence-electron chi connectivity index (χ1n) is 7.11. The minimum absolute atomic E-state index is 0.298. The predicted molar refractivity (Wildman–Crippen MR) is 95.4 cm³/mol. The predicted octanol–water partition coefficient (Wildman–Crippen LogP) is 6.22. The van der Waals surface area contributed by atoms with Crippen LogP contribution in [0.5, 0.6) is 0 Å².